The first-order chi connectivity index (χ1) is 10.5. The molecule has 5 heteroatoms. The van der Waals surface area contributed by atoms with Crippen molar-refractivity contribution >= 4 is 14.1 Å². The van der Waals surface area contributed by atoms with Crippen LogP contribution in [-0.2, 0) is 18.7 Å². The largest absolute Gasteiger partial charge is 0.414 e. The van der Waals surface area contributed by atoms with Gasteiger partial charge in [0.1, 0.15) is 11.4 Å². The van der Waals surface area contributed by atoms with Crippen molar-refractivity contribution in [2.75, 3.05) is 13.2 Å². The molecular weight excluding hydrogens is 308 g/mol. The third-order valence-electron chi connectivity index (χ3n) is 5.11. The van der Waals surface area contributed by atoms with Gasteiger partial charge < -0.3 is 13.9 Å². The molecule has 1 fully saturated rings. The lowest BCUT2D eigenvalue weighted by molar-refractivity contribution is -0.255. The summed E-state index contributed by atoms with van der Waals surface area (Å²) in [5.41, 5.74) is -0.668. The highest BCUT2D eigenvalue weighted by molar-refractivity contribution is 6.74. The zero-order chi connectivity index (χ0) is 17.4. The highest BCUT2D eigenvalue weighted by Crippen LogP contribution is 2.44. The Kier molecular flexibility index (Phi) is 5.07. The number of carbonyl (C=O) groups is 1. The smallest absolute Gasteiger partial charge is 0.195 e. The highest BCUT2D eigenvalue weighted by atomic mass is 28.4. The predicted octanol–water partition coefficient (Wildman–Crippen LogP) is 3.99. The minimum Gasteiger partial charge on any atom is -0.414 e. The third-order valence-corrected chi connectivity index (χ3v) is 9.59. The Labute approximate surface area is 141 Å². The Bertz CT molecular complexity index is 506. The number of fused-ring (bicyclic) bond motifs is 2. The average Bonchev–Trinajstić information content (AvgIpc) is 2.69. The quantitative estimate of drug-likeness (QED) is 0.400. The molecule has 0 saturated carbocycles. The first-order valence-electron chi connectivity index (χ1n) is 8.34. The van der Waals surface area contributed by atoms with E-state index in [0.29, 0.717) is 19.6 Å². The molecule has 2 aliphatic heterocycles. The van der Waals surface area contributed by atoms with E-state index in [-0.39, 0.29) is 17.2 Å². The topological polar surface area (TPSA) is 44.8 Å². The molecule has 4 nitrogen and oxygen atoms in total. The standard InChI is InChI=1S/C18H30O4Si/c1-7-8-11-20-18-10-9-17(22-18,12-15(19)13-18)14-21-23(5,6)16(2,3)4/h7,9-10H,1,8,11-14H2,2-6H3/t17-,18+/m1/s1. The van der Waals surface area contributed by atoms with E-state index in [1.165, 1.54) is 0 Å². The van der Waals surface area contributed by atoms with Crippen LogP contribution in [0.3, 0.4) is 0 Å². The van der Waals surface area contributed by atoms with Gasteiger partial charge in [0.05, 0.1) is 19.6 Å². The van der Waals surface area contributed by atoms with Crippen molar-refractivity contribution in [1.82, 2.24) is 0 Å². The summed E-state index contributed by atoms with van der Waals surface area (Å²) in [6.45, 7) is 15.6. The van der Waals surface area contributed by atoms with Gasteiger partial charge in [0, 0.05) is 6.42 Å². The van der Waals surface area contributed by atoms with E-state index in [4.69, 9.17) is 13.9 Å². The fourth-order valence-corrected chi connectivity index (χ4v) is 3.68. The first-order valence-corrected chi connectivity index (χ1v) is 11.3. The van der Waals surface area contributed by atoms with E-state index >= 15 is 0 Å². The van der Waals surface area contributed by atoms with E-state index in [1.807, 2.05) is 12.2 Å². The molecule has 2 heterocycles. The number of hydrogen-bond donors (Lipinski definition) is 0. The second-order valence-corrected chi connectivity index (χ2v) is 13.0. The van der Waals surface area contributed by atoms with Gasteiger partial charge in [-0.05, 0) is 36.7 Å². The van der Waals surface area contributed by atoms with Gasteiger partial charge in [0.15, 0.2) is 14.1 Å². The Morgan fingerprint density at radius 1 is 1.35 bits per heavy atom. The molecule has 0 unspecified atom stereocenters. The minimum absolute atomic E-state index is 0.127. The normalized spacial score (nSPS) is 30.7. The number of rotatable bonds is 7. The molecule has 0 aromatic rings. The number of Topliss-reactive ketones (excluding diaryl/α,β-unsaturated/α-hetero) is 1. The van der Waals surface area contributed by atoms with Gasteiger partial charge in [-0.25, -0.2) is 0 Å². The van der Waals surface area contributed by atoms with Crippen LogP contribution in [0, 0.1) is 0 Å². The van der Waals surface area contributed by atoms with E-state index < -0.39 is 19.7 Å². The molecule has 0 aliphatic carbocycles. The number of ketones is 1. The van der Waals surface area contributed by atoms with E-state index in [1.54, 1.807) is 6.08 Å². The summed E-state index contributed by atoms with van der Waals surface area (Å²) in [6.07, 6.45) is 7.05. The van der Waals surface area contributed by atoms with Gasteiger partial charge in [0.2, 0.25) is 0 Å². The average molecular weight is 339 g/mol. The van der Waals surface area contributed by atoms with Crippen molar-refractivity contribution in [3.05, 3.63) is 24.8 Å². The van der Waals surface area contributed by atoms with Crippen LogP contribution in [0.4, 0.5) is 0 Å². The van der Waals surface area contributed by atoms with Crippen LogP contribution in [0.5, 0.6) is 0 Å². The molecule has 1 saturated heterocycles. The molecular formula is C18H30O4Si. The van der Waals surface area contributed by atoms with E-state index in [2.05, 4.69) is 40.4 Å². The Morgan fingerprint density at radius 2 is 2.04 bits per heavy atom. The van der Waals surface area contributed by atoms with Gasteiger partial charge in [0.25, 0.3) is 0 Å². The fraction of sp³-hybridized carbons (Fsp3) is 0.722. The van der Waals surface area contributed by atoms with Crippen LogP contribution in [0.15, 0.2) is 24.8 Å². The maximum atomic E-state index is 12.2. The zero-order valence-electron chi connectivity index (χ0n) is 15.1. The number of hydrogen-bond acceptors (Lipinski definition) is 4. The Morgan fingerprint density at radius 3 is 2.65 bits per heavy atom. The summed E-state index contributed by atoms with van der Waals surface area (Å²) in [5.74, 6) is -0.742. The van der Waals surface area contributed by atoms with Gasteiger partial charge in [-0.1, -0.05) is 26.8 Å². The molecule has 0 N–H and O–H groups in total. The molecule has 23 heavy (non-hydrogen) atoms. The van der Waals surface area contributed by atoms with Crippen molar-refractivity contribution in [1.29, 1.82) is 0 Å². The van der Waals surface area contributed by atoms with Crippen LogP contribution in [0.25, 0.3) is 0 Å². The molecule has 2 aliphatic rings. The monoisotopic (exact) mass is 338 g/mol. The molecule has 2 rings (SSSR count). The highest BCUT2D eigenvalue weighted by Gasteiger charge is 2.53. The van der Waals surface area contributed by atoms with Crippen molar-refractivity contribution in [3.63, 3.8) is 0 Å². The van der Waals surface area contributed by atoms with Crippen LogP contribution in [0.1, 0.15) is 40.0 Å². The van der Waals surface area contributed by atoms with E-state index in [0.717, 1.165) is 6.42 Å². The Balaban J connectivity index is 2.06. The van der Waals surface area contributed by atoms with Crippen LogP contribution in [0.2, 0.25) is 18.1 Å². The molecule has 0 aromatic carbocycles. The minimum atomic E-state index is -1.89. The summed E-state index contributed by atoms with van der Waals surface area (Å²) < 4.78 is 18.4. The van der Waals surface area contributed by atoms with E-state index in [9.17, 15) is 4.79 Å². The predicted molar refractivity (Wildman–Crippen MR) is 93.8 cm³/mol. The molecule has 130 valence electrons. The summed E-state index contributed by atoms with van der Waals surface area (Å²) in [4.78, 5) is 12.2. The maximum Gasteiger partial charge on any atom is 0.195 e. The lowest BCUT2D eigenvalue weighted by Gasteiger charge is -2.42. The van der Waals surface area contributed by atoms with Gasteiger partial charge in [-0.15, -0.1) is 6.58 Å². The fourth-order valence-electron chi connectivity index (χ4n) is 2.64. The van der Waals surface area contributed by atoms with Gasteiger partial charge in [-0.3, -0.25) is 4.79 Å². The summed E-state index contributed by atoms with van der Waals surface area (Å²) in [6, 6.07) is 0. The van der Waals surface area contributed by atoms with Crippen molar-refractivity contribution in [2.45, 2.75) is 69.6 Å². The SMILES string of the molecule is C=CCCO[C@]12C=C[C@](CO[Si](C)(C)C(C)(C)C)(CC(=O)C1)O2. The Hall–Kier alpha value is -0.753. The molecule has 2 atom stereocenters. The molecule has 2 bridgehead atoms. The zero-order valence-corrected chi connectivity index (χ0v) is 16.1. The van der Waals surface area contributed by atoms with Crippen molar-refractivity contribution < 1.29 is 18.7 Å². The maximum absolute atomic E-state index is 12.2. The second-order valence-electron chi connectivity index (χ2n) is 8.18. The summed E-state index contributed by atoms with van der Waals surface area (Å²) >= 11 is 0. The number of carbonyl (C=O) groups excluding carboxylic acids is 1. The van der Waals surface area contributed by atoms with Gasteiger partial charge >= 0.3 is 0 Å². The summed E-state index contributed by atoms with van der Waals surface area (Å²) in [5, 5.41) is 0.127. The lowest BCUT2D eigenvalue weighted by Crippen LogP contribution is -2.52. The summed E-state index contributed by atoms with van der Waals surface area (Å²) in [7, 11) is -1.89. The number of ether oxygens (including phenoxy) is 2. The molecule has 0 amide bonds. The van der Waals surface area contributed by atoms with Crippen molar-refractivity contribution in [2.24, 2.45) is 0 Å². The van der Waals surface area contributed by atoms with Crippen molar-refractivity contribution in [3.8, 4) is 0 Å². The molecule has 0 radical (unpaired) electrons. The van der Waals surface area contributed by atoms with Crippen LogP contribution >= 0.6 is 0 Å². The lowest BCUT2D eigenvalue weighted by atomic mass is 9.95. The first kappa shape index (κ1) is 18.6. The van der Waals surface area contributed by atoms with Gasteiger partial charge in [-0.2, -0.15) is 0 Å². The third kappa shape index (κ3) is 4.02. The molecule has 0 spiro atoms. The molecule has 0 aromatic heterocycles. The van der Waals surface area contributed by atoms with Crippen LogP contribution in [-0.4, -0.2) is 38.7 Å². The van der Waals surface area contributed by atoms with Crippen LogP contribution < -0.4 is 0 Å². The second kappa shape index (κ2) is 6.28.